The molecule has 2 aromatic heterocycles. The predicted molar refractivity (Wildman–Crippen MR) is 59.7 cm³/mol. The van der Waals surface area contributed by atoms with Crippen LogP contribution < -0.4 is 5.73 Å². The molecule has 3 rings (SSSR count). The van der Waals surface area contributed by atoms with Crippen molar-refractivity contribution in [3.8, 4) is 0 Å². The van der Waals surface area contributed by atoms with Crippen molar-refractivity contribution >= 4 is 5.65 Å². The first-order valence-corrected chi connectivity index (χ1v) is 5.45. The highest BCUT2D eigenvalue weighted by Crippen LogP contribution is 2.48. The van der Waals surface area contributed by atoms with E-state index in [0.29, 0.717) is 17.9 Å². The number of nitrogens with two attached hydrogens (primary N) is 1. The molecule has 3 unspecified atom stereocenters. The summed E-state index contributed by atoms with van der Waals surface area (Å²) in [5.41, 5.74) is 8.11. The van der Waals surface area contributed by atoms with E-state index in [-0.39, 0.29) is 0 Å². The zero-order valence-corrected chi connectivity index (χ0v) is 8.80. The second kappa shape index (κ2) is 3.07. The van der Waals surface area contributed by atoms with Crippen LogP contribution >= 0.6 is 0 Å². The zero-order chi connectivity index (χ0) is 10.4. The highest BCUT2D eigenvalue weighted by Gasteiger charge is 2.42. The fourth-order valence-electron chi connectivity index (χ4n) is 2.27. The van der Waals surface area contributed by atoms with Crippen LogP contribution in [0.5, 0.6) is 0 Å². The Labute approximate surface area is 88.9 Å². The average Bonchev–Trinajstić information content (AvgIpc) is 2.91. The number of pyridine rings is 1. The van der Waals surface area contributed by atoms with E-state index >= 15 is 0 Å². The maximum absolute atomic E-state index is 5.89. The molecule has 0 aromatic carbocycles. The molecule has 1 aliphatic rings. The summed E-state index contributed by atoms with van der Waals surface area (Å²) < 4.78 is 2.08. The van der Waals surface area contributed by atoms with Gasteiger partial charge in [0.25, 0.3) is 0 Å². The van der Waals surface area contributed by atoms with Crippen molar-refractivity contribution in [2.24, 2.45) is 11.7 Å². The molecule has 1 aliphatic carbocycles. The fraction of sp³-hybridized carbons (Fsp3) is 0.417. The first-order valence-electron chi connectivity index (χ1n) is 5.45. The van der Waals surface area contributed by atoms with E-state index in [1.165, 1.54) is 12.1 Å². The Morgan fingerprint density at radius 2 is 2.40 bits per heavy atom. The lowest BCUT2D eigenvalue weighted by molar-refractivity contribution is 0.629. The van der Waals surface area contributed by atoms with Gasteiger partial charge in [-0.15, -0.1) is 0 Å². The minimum Gasteiger partial charge on any atom is -0.328 e. The van der Waals surface area contributed by atoms with Gasteiger partial charge in [-0.1, -0.05) is 6.07 Å². The van der Waals surface area contributed by atoms with Crippen molar-refractivity contribution in [2.45, 2.75) is 25.3 Å². The Morgan fingerprint density at radius 3 is 3.07 bits per heavy atom. The zero-order valence-electron chi connectivity index (χ0n) is 8.80. The molecule has 2 N–H and O–H groups in total. The van der Waals surface area contributed by atoms with Crippen LogP contribution in [0.15, 0.2) is 30.6 Å². The maximum Gasteiger partial charge on any atom is 0.136 e. The summed E-state index contributed by atoms with van der Waals surface area (Å²) in [6.07, 6.45) is 5.36. The Kier molecular flexibility index (Phi) is 1.83. The van der Waals surface area contributed by atoms with Gasteiger partial charge in [0.15, 0.2) is 0 Å². The molecular weight excluding hydrogens is 186 g/mol. The second-order valence-electron chi connectivity index (χ2n) is 4.50. The van der Waals surface area contributed by atoms with Gasteiger partial charge >= 0.3 is 0 Å². The Bertz CT molecular complexity index is 453. The standard InChI is InChI=1S/C12H15N3/c1-8(13)9-6-10(9)11-7-15-5-3-2-4-12(15)14-11/h2-5,7-10H,6,13H2,1H3. The number of hydrogen-bond donors (Lipinski definition) is 1. The molecule has 3 heteroatoms. The normalized spacial score (nSPS) is 26.8. The molecule has 0 radical (unpaired) electrons. The number of aromatic nitrogens is 2. The van der Waals surface area contributed by atoms with E-state index in [9.17, 15) is 0 Å². The minimum atomic E-state index is 0.291. The first-order chi connectivity index (χ1) is 7.25. The van der Waals surface area contributed by atoms with Gasteiger partial charge in [-0.25, -0.2) is 4.98 Å². The summed E-state index contributed by atoms with van der Waals surface area (Å²) in [5.74, 6) is 1.22. The highest BCUT2D eigenvalue weighted by atomic mass is 15.0. The maximum atomic E-state index is 5.89. The lowest BCUT2D eigenvalue weighted by Crippen LogP contribution is -2.17. The van der Waals surface area contributed by atoms with Gasteiger partial charge in [-0.05, 0) is 31.4 Å². The second-order valence-corrected chi connectivity index (χ2v) is 4.50. The van der Waals surface area contributed by atoms with Crippen molar-refractivity contribution in [1.29, 1.82) is 0 Å². The summed E-state index contributed by atoms with van der Waals surface area (Å²) >= 11 is 0. The van der Waals surface area contributed by atoms with Gasteiger partial charge in [0.05, 0.1) is 5.69 Å². The lowest BCUT2D eigenvalue weighted by Gasteiger charge is -2.00. The van der Waals surface area contributed by atoms with Crippen LogP contribution in [-0.2, 0) is 0 Å². The van der Waals surface area contributed by atoms with Crippen molar-refractivity contribution in [3.05, 3.63) is 36.3 Å². The van der Waals surface area contributed by atoms with E-state index in [2.05, 4.69) is 22.5 Å². The SMILES string of the molecule is CC(N)C1CC1c1cn2ccccc2n1. The Hall–Kier alpha value is -1.35. The Balaban J connectivity index is 1.94. The third kappa shape index (κ3) is 1.43. The van der Waals surface area contributed by atoms with Crippen molar-refractivity contribution in [2.75, 3.05) is 0 Å². The largest absolute Gasteiger partial charge is 0.328 e. The van der Waals surface area contributed by atoms with E-state index < -0.39 is 0 Å². The molecule has 0 aliphatic heterocycles. The molecule has 3 atom stereocenters. The summed E-state index contributed by atoms with van der Waals surface area (Å²) in [6, 6.07) is 6.36. The highest BCUT2D eigenvalue weighted by molar-refractivity contribution is 5.41. The lowest BCUT2D eigenvalue weighted by atomic mass is 10.1. The molecule has 78 valence electrons. The van der Waals surface area contributed by atoms with Crippen molar-refractivity contribution in [3.63, 3.8) is 0 Å². The van der Waals surface area contributed by atoms with Gasteiger partial charge in [0, 0.05) is 24.4 Å². The number of fused-ring (bicyclic) bond motifs is 1. The van der Waals surface area contributed by atoms with Crippen LogP contribution in [-0.4, -0.2) is 15.4 Å². The van der Waals surface area contributed by atoms with Crippen LogP contribution in [0.1, 0.15) is 25.0 Å². The monoisotopic (exact) mass is 201 g/mol. The van der Waals surface area contributed by atoms with Crippen molar-refractivity contribution < 1.29 is 0 Å². The summed E-state index contributed by atoms with van der Waals surface area (Å²) in [5, 5.41) is 0. The fourth-order valence-corrected chi connectivity index (χ4v) is 2.27. The molecular formula is C12H15N3. The molecule has 0 saturated heterocycles. The minimum absolute atomic E-state index is 0.291. The summed E-state index contributed by atoms with van der Waals surface area (Å²) in [6.45, 7) is 2.08. The predicted octanol–water partition coefficient (Wildman–Crippen LogP) is 1.79. The molecule has 2 aromatic rings. The first kappa shape index (κ1) is 8.92. The summed E-state index contributed by atoms with van der Waals surface area (Å²) in [7, 11) is 0. The molecule has 1 fully saturated rings. The molecule has 0 amide bonds. The summed E-state index contributed by atoms with van der Waals surface area (Å²) in [4.78, 5) is 4.61. The molecule has 1 saturated carbocycles. The quantitative estimate of drug-likeness (QED) is 0.805. The molecule has 15 heavy (non-hydrogen) atoms. The van der Waals surface area contributed by atoms with Crippen LogP contribution in [0, 0.1) is 5.92 Å². The van der Waals surface area contributed by atoms with Gasteiger partial charge < -0.3 is 10.1 Å². The van der Waals surface area contributed by atoms with E-state index in [4.69, 9.17) is 5.73 Å². The third-order valence-corrected chi connectivity index (χ3v) is 3.28. The van der Waals surface area contributed by atoms with Crippen LogP contribution in [0.3, 0.4) is 0 Å². The third-order valence-electron chi connectivity index (χ3n) is 3.28. The van der Waals surface area contributed by atoms with Crippen LogP contribution in [0.25, 0.3) is 5.65 Å². The Morgan fingerprint density at radius 1 is 1.53 bits per heavy atom. The van der Waals surface area contributed by atoms with Crippen LogP contribution in [0.4, 0.5) is 0 Å². The number of imidazole rings is 1. The van der Waals surface area contributed by atoms with Gasteiger partial charge in [-0.3, -0.25) is 0 Å². The van der Waals surface area contributed by atoms with E-state index in [1.807, 2.05) is 24.4 Å². The van der Waals surface area contributed by atoms with Gasteiger partial charge in [-0.2, -0.15) is 0 Å². The number of hydrogen-bond acceptors (Lipinski definition) is 2. The molecule has 3 nitrogen and oxygen atoms in total. The molecule has 0 spiro atoms. The average molecular weight is 201 g/mol. The molecule has 2 heterocycles. The van der Waals surface area contributed by atoms with E-state index in [1.54, 1.807) is 0 Å². The molecule has 0 bridgehead atoms. The van der Waals surface area contributed by atoms with E-state index in [0.717, 1.165) is 5.65 Å². The number of nitrogens with zero attached hydrogens (tertiary/aromatic N) is 2. The number of rotatable bonds is 2. The van der Waals surface area contributed by atoms with Crippen molar-refractivity contribution in [1.82, 2.24) is 9.38 Å². The van der Waals surface area contributed by atoms with Gasteiger partial charge in [0.1, 0.15) is 5.65 Å². The van der Waals surface area contributed by atoms with Crippen LogP contribution in [0.2, 0.25) is 0 Å². The smallest absolute Gasteiger partial charge is 0.136 e. The topological polar surface area (TPSA) is 43.3 Å². The van der Waals surface area contributed by atoms with Gasteiger partial charge in [0.2, 0.25) is 0 Å².